The van der Waals surface area contributed by atoms with Crippen molar-refractivity contribution in [2.45, 2.75) is 0 Å². The van der Waals surface area contributed by atoms with Crippen LogP contribution in [0.1, 0.15) is 0 Å². The number of hydrogen-bond acceptors (Lipinski definition) is 8. The van der Waals surface area contributed by atoms with Crippen LogP contribution in [-0.2, 0) is 0 Å². The van der Waals surface area contributed by atoms with Gasteiger partial charge in [-0.25, -0.2) is 24.9 Å². The van der Waals surface area contributed by atoms with E-state index in [9.17, 15) is 0 Å². The fraction of sp³-hybridized carbons (Fsp3) is 0. The van der Waals surface area contributed by atoms with Crippen molar-refractivity contribution in [1.82, 2.24) is 24.9 Å². The van der Waals surface area contributed by atoms with E-state index >= 15 is 0 Å². The Morgan fingerprint density at radius 2 is 0.982 bits per heavy atom. The first kappa shape index (κ1) is 31.8. The van der Waals surface area contributed by atoms with Gasteiger partial charge < -0.3 is 8.83 Å². The zero-order chi connectivity index (χ0) is 37.5. The van der Waals surface area contributed by atoms with Crippen molar-refractivity contribution < 1.29 is 8.83 Å². The lowest BCUT2D eigenvalue weighted by Crippen LogP contribution is -2.00. The molecule has 7 aromatic carbocycles. The second-order valence-corrected chi connectivity index (χ2v) is 15.1. The van der Waals surface area contributed by atoms with E-state index in [1.54, 1.807) is 11.3 Å². The van der Waals surface area contributed by atoms with Gasteiger partial charge in [-0.1, -0.05) is 109 Å². The monoisotopic (exact) mass is 749 g/mol. The SMILES string of the molecule is c1ccc(-c2nc(-c3ccc4oc5ccccc5c4c3)nc(-c3cccc4sc5ccc(-c6nc(-c7ccccc7)nc7c6oc6ccccc67)cc5c34)n2)cc1. The first-order valence-electron chi connectivity index (χ1n) is 18.7. The number of furan rings is 2. The van der Waals surface area contributed by atoms with Crippen LogP contribution in [0.5, 0.6) is 0 Å². The maximum atomic E-state index is 6.50. The van der Waals surface area contributed by atoms with Crippen LogP contribution in [0.4, 0.5) is 0 Å². The van der Waals surface area contributed by atoms with E-state index in [-0.39, 0.29) is 0 Å². The van der Waals surface area contributed by atoms with Crippen LogP contribution in [0.15, 0.2) is 173 Å². The van der Waals surface area contributed by atoms with Gasteiger partial charge in [0.05, 0.1) is 0 Å². The van der Waals surface area contributed by atoms with E-state index in [2.05, 4.69) is 54.6 Å². The summed E-state index contributed by atoms with van der Waals surface area (Å²) >= 11 is 1.75. The topological polar surface area (TPSA) is 90.7 Å². The number of fused-ring (bicyclic) bond motifs is 9. The van der Waals surface area contributed by atoms with E-state index in [1.807, 2.05) is 109 Å². The Bertz CT molecular complexity index is 3540. The number of para-hydroxylation sites is 2. The highest BCUT2D eigenvalue weighted by Crippen LogP contribution is 2.43. The fourth-order valence-corrected chi connectivity index (χ4v) is 8.98. The maximum Gasteiger partial charge on any atom is 0.180 e. The Morgan fingerprint density at radius 3 is 1.77 bits per heavy atom. The summed E-state index contributed by atoms with van der Waals surface area (Å²) in [4.78, 5) is 25.6. The summed E-state index contributed by atoms with van der Waals surface area (Å²) in [5.41, 5.74) is 9.23. The molecule has 5 aromatic heterocycles. The molecule has 0 amide bonds. The Morgan fingerprint density at radius 1 is 0.368 bits per heavy atom. The summed E-state index contributed by atoms with van der Waals surface area (Å²) in [6.07, 6.45) is 0. The van der Waals surface area contributed by atoms with Gasteiger partial charge >= 0.3 is 0 Å². The van der Waals surface area contributed by atoms with E-state index < -0.39 is 0 Å². The van der Waals surface area contributed by atoms with Gasteiger partial charge in [-0.2, -0.15) is 0 Å². The molecule has 0 aliphatic heterocycles. The van der Waals surface area contributed by atoms with Crippen molar-refractivity contribution in [3.05, 3.63) is 164 Å². The third-order valence-electron chi connectivity index (χ3n) is 10.6. The molecule has 8 heteroatoms. The van der Waals surface area contributed by atoms with Crippen molar-refractivity contribution in [2.24, 2.45) is 0 Å². The molecule has 0 saturated carbocycles. The predicted molar refractivity (Wildman–Crippen MR) is 230 cm³/mol. The van der Waals surface area contributed by atoms with E-state index in [1.165, 1.54) is 0 Å². The van der Waals surface area contributed by atoms with Gasteiger partial charge in [0.15, 0.2) is 28.9 Å². The van der Waals surface area contributed by atoms with Crippen molar-refractivity contribution in [3.63, 3.8) is 0 Å². The molecule has 0 saturated heterocycles. The molecular formula is C49H27N5O2S. The predicted octanol–water partition coefficient (Wildman–Crippen LogP) is 13.2. The lowest BCUT2D eigenvalue weighted by molar-refractivity contribution is 0.667. The molecule has 0 aliphatic rings. The van der Waals surface area contributed by atoms with E-state index in [4.69, 9.17) is 33.8 Å². The van der Waals surface area contributed by atoms with Crippen LogP contribution < -0.4 is 0 Å². The molecule has 7 nitrogen and oxygen atoms in total. The highest BCUT2D eigenvalue weighted by molar-refractivity contribution is 7.26. The number of aromatic nitrogens is 5. The lowest BCUT2D eigenvalue weighted by Gasteiger charge is -2.10. The molecular weight excluding hydrogens is 723 g/mol. The Kier molecular flexibility index (Phi) is 6.96. The first-order valence-corrected chi connectivity index (χ1v) is 19.5. The van der Waals surface area contributed by atoms with Crippen LogP contribution in [0.2, 0.25) is 0 Å². The normalized spacial score (nSPS) is 11.9. The summed E-state index contributed by atoms with van der Waals surface area (Å²) in [7, 11) is 0. The molecule has 0 atom stereocenters. The first-order chi connectivity index (χ1) is 28.2. The van der Waals surface area contributed by atoms with Gasteiger partial charge in [0.25, 0.3) is 0 Å². The molecule has 0 radical (unpaired) electrons. The number of thiophene rings is 1. The van der Waals surface area contributed by atoms with Gasteiger partial charge in [-0.15, -0.1) is 11.3 Å². The minimum Gasteiger partial charge on any atom is -0.456 e. The smallest absolute Gasteiger partial charge is 0.180 e. The minimum atomic E-state index is 0.588. The fourth-order valence-electron chi connectivity index (χ4n) is 7.87. The molecule has 12 aromatic rings. The lowest BCUT2D eigenvalue weighted by atomic mass is 10.0. The van der Waals surface area contributed by atoms with Crippen molar-refractivity contribution in [3.8, 4) is 56.8 Å². The molecule has 12 rings (SSSR count). The summed E-state index contributed by atoms with van der Waals surface area (Å²) in [5.74, 6) is 2.44. The van der Waals surface area contributed by atoms with Crippen molar-refractivity contribution in [1.29, 1.82) is 0 Å². The molecule has 266 valence electrons. The van der Waals surface area contributed by atoms with Gasteiger partial charge in [0.2, 0.25) is 0 Å². The average Bonchev–Trinajstić information content (AvgIpc) is 3.97. The molecule has 0 spiro atoms. The molecule has 5 heterocycles. The maximum absolute atomic E-state index is 6.50. The van der Waals surface area contributed by atoms with Crippen LogP contribution in [-0.4, -0.2) is 24.9 Å². The van der Waals surface area contributed by atoms with Crippen LogP contribution >= 0.6 is 11.3 Å². The molecule has 0 unspecified atom stereocenters. The minimum absolute atomic E-state index is 0.588. The molecule has 0 fully saturated rings. The average molecular weight is 750 g/mol. The largest absolute Gasteiger partial charge is 0.456 e. The Labute approximate surface area is 328 Å². The number of rotatable bonds is 5. The van der Waals surface area contributed by atoms with Gasteiger partial charge in [-0.3, -0.25) is 0 Å². The molecule has 0 aliphatic carbocycles. The second-order valence-electron chi connectivity index (χ2n) is 14.0. The molecule has 0 bridgehead atoms. The summed E-state index contributed by atoms with van der Waals surface area (Å²) < 4.78 is 14.9. The van der Waals surface area contributed by atoms with Gasteiger partial charge in [0, 0.05) is 64.1 Å². The van der Waals surface area contributed by atoms with Crippen molar-refractivity contribution in [2.75, 3.05) is 0 Å². The standard InChI is InChI=1S/C49H27N5O2S/c1-3-12-28(13-4-1)46-50-43(45-44(51-46)33-17-8-10-20-38(33)56-45)30-23-25-40-36(26-30)42-34(18-11-21-41(42)57-40)49-53-47(29-14-5-2-6-15-29)52-48(54-49)31-22-24-39-35(27-31)32-16-7-9-19-37(32)55-39/h1-27H. The Hall–Kier alpha value is -7.55. The van der Waals surface area contributed by atoms with E-state index in [0.717, 1.165) is 92.1 Å². The molecule has 0 N–H and O–H groups in total. The second kappa shape index (κ2) is 12.5. The van der Waals surface area contributed by atoms with Gasteiger partial charge in [-0.05, 0) is 54.6 Å². The van der Waals surface area contributed by atoms with Crippen LogP contribution in [0, 0.1) is 0 Å². The third-order valence-corrected chi connectivity index (χ3v) is 11.7. The quantitative estimate of drug-likeness (QED) is 0.173. The third kappa shape index (κ3) is 5.15. The highest BCUT2D eigenvalue weighted by atomic mass is 32.1. The zero-order valence-electron chi connectivity index (χ0n) is 30.0. The number of benzene rings is 7. The highest BCUT2D eigenvalue weighted by Gasteiger charge is 2.21. The summed E-state index contributed by atoms with van der Waals surface area (Å²) in [6.45, 7) is 0. The van der Waals surface area contributed by atoms with Gasteiger partial charge in [0.1, 0.15) is 28.0 Å². The number of hydrogen-bond donors (Lipinski definition) is 0. The summed E-state index contributed by atoms with van der Waals surface area (Å²) in [6, 6.07) is 55.3. The summed E-state index contributed by atoms with van der Waals surface area (Å²) in [5, 5.41) is 5.18. The molecule has 57 heavy (non-hydrogen) atoms. The van der Waals surface area contributed by atoms with E-state index in [0.29, 0.717) is 28.9 Å². The van der Waals surface area contributed by atoms with Crippen LogP contribution in [0.25, 0.3) is 121 Å². The van der Waals surface area contributed by atoms with Crippen LogP contribution in [0.3, 0.4) is 0 Å². The zero-order valence-corrected chi connectivity index (χ0v) is 30.9. The van der Waals surface area contributed by atoms with Crippen molar-refractivity contribution >= 4 is 75.5 Å². The Balaban J connectivity index is 1.08. The number of nitrogens with zero attached hydrogens (tertiary/aromatic N) is 5.